The highest BCUT2D eigenvalue weighted by Gasteiger charge is 2.37. The van der Waals surface area contributed by atoms with E-state index in [1.165, 1.54) is 4.90 Å². The first-order valence-electron chi connectivity index (χ1n) is 8.79. The van der Waals surface area contributed by atoms with Gasteiger partial charge < -0.3 is 14.7 Å². The average Bonchev–Trinajstić information content (AvgIpc) is 2.96. The number of benzene rings is 1. The summed E-state index contributed by atoms with van der Waals surface area (Å²) in [5.41, 5.74) is 0.744. The Morgan fingerprint density at radius 3 is 2.43 bits per heavy atom. The molecule has 1 aromatic carbocycles. The summed E-state index contributed by atoms with van der Waals surface area (Å²) < 4.78 is 5.09. The summed E-state index contributed by atoms with van der Waals surface area (Å²) in [6.45, 7) is 0.295. The van der Waals surface area contributed by atoms with Gasteiger partial charge in [0.1, 0.15) is 12.3 Å². The lowest BCUT2D eigenvalue weighted by atomic mass is 9.97. The molecule has 0 atom stereocenters. The van der Waals surface area contributed by atoms with E-state index >= 15 is 0 Å². The largest absolute Gasteiger partial charge is 0.497 e. The highest BCUT2D eigenvalue weighted by Crippen LogP contribution is 2.32. The van der Waals surface area contributed by atoms with Gasteiger partial charge in [0.15, 0.2) is 0 Å². The molecule has 0 aromatic heterocycles. The number of rotatable bonds is 5. The normalized spacial score (nSPS) is 19.4. The molecule has 0 saturated carbocycles. The molecule has 1 N–H and O–H groups in total. The van der Waals surface area contributed by atoms with Crippen molar-refractivity contribution in [1.29, 1.82) is 0 Å². The SMILES string of the molecule is COc1ccc(/C=C2\SC(=O)N(CC(=O)N3CCC(C(=O)O)CC3)C2=O)cc1. The van der Waals surface area contributed by atoms with E-state index in [9.17, 15) is 19.2 Å². The van der Waals surface area contributed by atoms with Gasteiger partial charge in [-0.15, -0.1) is 0 Å². The lowest BCUT2D eigenvalue weighted by molar-refractivity contribution is -0.146. The zero-order valence-electron chi connectivity index (χ0n) is 15.3. The molecule has 2 saturated heterocycles. The van der Waals surface area contributed by atoms with E-state index in [0.29, 0.717) is 31.7 Å². The first-order valence-corrected chi connectivity index (χ1v) is 9.60. The molecule has 2 aliphatic rings. The van der Waals surface area contributed by atoms with E-state index in [1.54, 1.807) is 37.5 Å². The van der Waals surface area contributed by atoms with Gasteiger partial charge in [0.05, 0.1) is 17.9 Å². The van der Waals surface area contributed by atoms with Gasteiger partial charge in [-0.3, -0.25) is 24.1 Å². The van der Waals surface area contributed by atoms with Crippen molar-refractivity contribution in [2.75, 3.05) is 26.7 Å². The summed E-state index contributed by atoms with van der Waals surface area (Å²) in [6.07, 6.45) is 2.36. The van der Waals surface area contributed by atoms with E-state index < -0.39 is 23.0 Å². The number of likely N-dealkylation sites (tertiary alicyclic amines) is 1. The summed E-state index contributed by atoms with van der Waals surface area (Å²) in [4.78, 5) is 50.9. The minimum atomic E-state index is -0.860. The smallest absolute Gasteiger partial charge is 0.306 e. The first-order chi connectivity index (χ1) is 13.4. The van der Waals surface area contributed by atoms with Crippen molar-refractivity contribution in [3.8, 4) is 5.75 Å². The van der Waals surface area contributed by atoms with Crippen LogP contribution in [0.4, 0.5) is 4.79 Å². The minimum Gasteiger partial charge on any atom is -0.497 e. The van der Waals surface area contributed by atoms with Gasteiger partial charge >= 0.3 is 5.97 Å². The Kier molecular flexibility index (Phi) is 6.03. The zero-order chi connectivity index (χ0) is 20.3. The molecule has 28 heavy (non-hydrogen) atoms. The maximum atomic E-state index is 12.5. The van der Waals surface area contributed by atoms with E-state index in [0.717, 1.165) is 22.2 Å². The highest BCUT2D eigenvalue weighted by molar-refractivity contribution is 8.18. The first kappa shape index (κ1) is 19.9. The predicted molar refractivity (Wildman–Crippen MR) is 103 cm³/mol. The third-order valence-corrected chi connectivity index (χ3v) is 5.68. The van der Waals surface area contributed by atoms with Crippen LogP contribution in [-0.4, -0.2) is 64.7 Å². The fourth-order valence-electron chi connectivity index (χ4n) is 3.10. The number of ether oxygens (including phenoxy) is 1. The van der Waals surface area contributed by atoms with Gasteiger partial charge in [-0.25, -0.2) is 0 Å². The van der Waals surface area contributed by atoms with Crippen LogP contribution in [0.25, 0.3) is 6.08 Å². The number of thioether (sulfide) groups is 1. The van der Waals surface area contributed by atoms with Crippen LogP contribution in [0.5, 0.6) is 5.75 Å². The molecule has 8 nitrogen and oxygen atoms in total. The molecule has 148 valence electrons. The fraction of sp³-hybridized carbons (Fsp3) is 0.368. The van der Waals surface area contributed by atoms with Gasteiger partial charge in [0.25, 0.3) is 11.1 Å². The number of hydrogen-bond acceptors (Lipinski definition) is 6. The topological polar surface area (TPSA) is 104 Å². The van der Waals surface area contributed by atoms with Gasteiger partial charge in [-0.05, 0) is 48.4 Å². The Bertz CT molecular complexity index is 827. The van der Waals surface area contributed by atoms with Crippen molar-refractivity contribution in [2.45, 2.75) is 12.8 Å². The van der Waals surface area contributed by atoms with Crippen molar-refractivity contribution >= 4 is 40.9 Å². The highest BCUT2D eigenvalue weighted by atomic mass is 32.2. The maximum absolute atomic E-state index is 12.5. The molecule has 2 heterocycles. The Labute approximate surface area is 166 Å². The number of carbonyl (C=O) groups excluding carboxylic acids is 3. The van der Waals surface area contributed by atoms with Crippen molar-refractivity contribution in [3.05, 3.63) is 34.7 Å². The summed E-state index contributed by atoms with van der Waals surface area (Å²) >= 11 is 0.798. The molecular weight excluding hydrogens is 384 g/mol. The molecule has 0 aliphatic carbocycles. The number of methoxy groups -OCH3 is 1. The Morgan fingerprint density at radius 2 is 1.86 bits per heavy atom. The average molecular weight is 404 g/mol. The van der Waals surface area contributed by atoms with Crippen molar-refractivity contribution in [1.82, 2.24) is 9.80 Å². The van der Waals surface area contributed by atoms with Crippen LogP contribution in [0, 0.1) is 5.92 Å². The zero-order valence-corrected chi connectivity index (χ0v) is 16.1. The van der Waals surface area contributed by atoms with Crippen LogP contribution in [0.15, 0.2) is 29.2 Å². The molecule has 0 spiro atoms. The van der Waals surface area contributed by atoms with Crippen molar-refractivity contribution in [3.63, 3.8) is 0 Å². The van der Waals surface area contributed by atoms with Crippen molar-refractivity contribution in [2.24, 2.45) is 5.92 Å². The predicted octanol–water partition coefficient (Wildman–Crippen LogP) is 2.05. The van der Waals surface area contributed by atoms with Crippen LogP contribution in [0.3, 0.4) is 0 Å². The quantitative estimate of drug-likeness (QED) is 0.749. The molecule has 1 aromatic rings. The summed E-state index contributed by atoms with van der Waals surface area (Å²) in [5.74, 6) is -1.48. The van der Waals surface area contributed by atoms with Gasteiger partial charge in [-0.2, -0.15) is 0 Å². The molecule has 3 rings (SSSR count). The van der Waals surface area contributed by atoms with E-state index in [2.05, 4.69) is 0 Å². The molecule has 0 unspecified atom stereocenters. The number of carboxylic acids is 1. The molecule has 2 aliphatic heterocycles. The number of carboxylic acid groups (broad SMARTS) is 1. The lowest BCUT2D eigenvalue weighted by Crippen LogP contribution is -2.46. The second-order valence-electron chi connectivity index (χ2n) is 6.53. The number of piperidine rings is 1. The Morgan fingerprint density at radius 1 is 1.21 bits per heavy atom. The van der Waals surface area contributed by atoms with Gasteiger partial charge in [0, 0.05) is 13.1 Å². The van der Waals surface area contributed by atoms with E-state index in [4.69, 9.17) is 9.84 Å². The molecule has 0 radical (unpaired) electrons. The van der Waals surface area contributed by atoms with E-state index in [-0.39, 0.29) is 17.4 Å². The molecule has 0 bridgehead atoms. The number of carbonyl (C=O) groups is 4. The molecule has 3 amide bonds. The Balaban J connectivity index is 1.62. The molecule has 2 fully saturated rings. The molecular formula is C19H20N2O6S. The number of hydrogen-bond donors (Lipinski definition) is 1. The number of amides is 3. The van der Waals surface area contributed by atoms with Gasteiger partial charge in [-0.1, -0.05) is 12.1 Å². The monoisotopic (exact) mass is 404 g/mol. The fourth-order valence-corrected chi connectivity index (χ4v) is 3.94. The van der Waals surface area contributed by atoms with Crippen LogP contribution in [0.2, 0.25) is 0 Å². The number of imide groups is 1. The van der Waals surface area contributed by atoms with Gasteiger partial charge in [0.2, 0.25) is 5.91 Å². The third-order valence-electron chi connectivity index (χ3n) is 4.78. The van der Waals surface area contributed by atoms with Crippen LogP contribution < -0.4 is 4.74 Å². The Hall–Kier alpha value is -2.81. The van der Waals surface area contributed by atoms with Crippen molar-refractivity contribution < 1.29 is 29.0 Å². The van der Waals surface area contributed by atoms with E-state index in [1.807, 2.05) is 0 Å². The van der Waals surface area contributed by atoms with Crippen LogP contribution in [0.1, 0.15) is 18.4 Å². The molecule has 9 heteroatoms. The lowest BCUT2D eigenvalue weighted by Gasteiger charge is -2.30. The standard InChI is InChI=1S/C19H20N2O6S/c1-27-14-4-2-12(3-5-14)10-15-17(23)21(19(26)28-15)11-16(22)20-8-6-13(7-9-20)18(24)25/h2-5,10,13H,6-9,11H2,1H3,(H,24,25)/b15-10-. The van der Waals surface area contributed by atoms with Crippen LogP contribution in [-0.2, 0) is 14.4 Å². The summed E-state index contributed by atoms with van der Waals surface area (Å²) in [6, 6.07) is 7.04. The number of aliphatic carboxylic acids is 1. The number of nitrogens with zero attached hydrogens (tertiary/aromatic N) is 2. The second-order valence-corrected chi connectivity index (χ2v) is 7.53. The van der Waals surface area contributed by atoms with Crippen LogP contribution >= 0.6 is 11.8 Å². The maximum Gasteiger partial charge on any atom is 0.306 e. The minimum absolute atomic E-state index is 0.257. The summed E-state index contributed by atoms with van der Waals surface area (Å²) in [5, 5.41) is 8.54. The summed E-state index contributed by atoms with van der Waals surface area (Å²) in [7, 11) is 1.56. The second kappa shape index (κ2) is 8.47. The third kappa shape index (κ3) is 4.36.